The number of aliphatic hydroxyl groups is 1. The fourth-order valence-corrected chi connectivity index (χ4v) is 5.66. The van der Waals surface area contributed by atoms with Gasteiger partial charge in [-0.25, -0.2) is 13.1 Å². The summed E-state index contributed by atoms with van der Waals surface area (Å²) in [6.45, 7) is 3.73. The molecule has 0 radical (unpaired) electrons. The Labute approximate surface area is 131 Å². The van der Waals surface area contributed by atoms with E-state index in [1.807, 2.05) is 11.8 Å². The fraction of sp³-hybridized carbons (Fsp3) is 0.600. The van der Waals surface area contributed by atoms with Crippen LogP contribution in [-0.2, 0) is 16.6 Å². The zero-order valence-electron chi connectivity index (χ0n) is 12.5. The number of rotatable bonds is 6. The third-order valence-electron chi connectivity index (χ3n) is 3.86. The average molecular weight is 329 g/mol. The summed E-state index contributed by atoms with van der Waals surface area (Å²) in [5.74, 6) is 1.00. The van der Waals surface area contributed by atoms with Gasteiger partial charge in [-0.3, -0.25) is 0 Å². The average Bonchev–Trinajstić information content (AvgIpc) is 2.86. The molecule has 1 aliphatic carbocycles. The number of sulfonamides is 1. The highest BCUT2D eigenvalue weighted by Gasteiger charge is 2.31. The number of hydrogen-bond acceptors (Lipinski definition) is 4. The third-order valence-corrected chi connectivity index (χ3v) is 6.82. The lowest BCUT2D eigenvalue weighted by molar-refractivity contribution is 0.281. The van der Waals surface area contributed by atoms with Crippen LogP contribution in [-0.4, -0.2) is 30.6 Å². The number of aryl methyl sites for hydroxylation is 1. The molecule has 1 aromatic carbocycles. The van der Waals surface area contributed by atoms with Crippen LogP contribution >= 0.6 is 11.8 Å². The van der Waals surface area contributed by atoms with Crippen LogP contribution in [0.15, 0.2) is 23.1 Å². The fourth-order valence-electron chi connectivity index (χ4n) is 2.77. The molecule has 1 aromatic rings. The predicted octanol–water partition coefficient (Wildman–Crippen LogP) is 2.44. The van der Waals surface area contributed by atoms with Gasteiger partial charge in [0.2, 0.25) is 10.0 Å². The summed E-state index contributed by atoms with van der Waals surface area (Å²) in [4.78, 5) is 0.279. The van der Waals surface area contributed by atoms with Crippen LogP contribution in [0, 0.1) is 6.92 Å². The maximum Gasteiger partial charge on any atom is 0.241 e. The zero-order valence-corrected chi connectivity index (χ0v) is 14.1. The summed E-state index contributed by atoms with van der Waals surface area (Å²) in [6.07, 6.45) is 3.04. The zero-order chi connectivity index (χ0) is 15.5. The molecule has 0 aliphatic heterocycles. The van der Waals surface area contributed by atoms with E-state index in [9.17, 15) is 13.5 Å². The van der Waals surface area contributed by atoms with E-state index >= 15 is 0 Å². The Morgan fingerprint density at radius 3 is 2.81 bits per heavy atom. The first-order valence-electron chi connectivity index (χ1n) is 7.32. The first kappa shape index (κ1) is 16.8. The Morgan fingerprint density at radius 2 is 2.14 bits per heavy atom. The van der Waals surface area contributed by atoms with E-state index < -0.39 is 10.0 Å². The minimum absolute atomic E-state index is 0.0112. The molecular weight excluding hydrogens is 306 g/mol. The summed E-state index contributed by atoms with van der Waals surface area (Å²) in [7, 11) is -3.53. The van der Waals surface area contributed by atoms with Gasteiger partial charge in [0.1, 0.15) is 0 Å². The van der Waals surface area contributed by atoms with Gasteiger partial charge in [-0.15, -0.1) is 0 Å². The van der Waals surface area contributed by atoms with Crippen molar-refractivity contribution in [1.82, 2.24) is 4.72 Å². The highest BCUT2D eigenvalue weighted by molar-refractivity contribution is 8.00. The molecule has 6 heteroatoms. The van der Waals surface area contributed by atoms with E-state index in [0.717, 1.165) is 25.0 Å². The first-order valence-corrected chi connectivity index (χ1v) is 9.85. The van der Waals surface area contributed by atoms with Crippen molar-refractivity contribution in [2.75, 3.05) is 5.75 Å². The summed E-state index contributed by atoms with van der Waals surface area (Å²) in [5, 5.41) is 9.56. The van der Waals surface area contributed by atoms with E-state index in [2.05, 4.69) is 11.6 Å². The largest absolute Gasteiger partial charge is 0.392 e. The van der Waals surface area contributed by atoms with Gasteiger partial charge in [-0.2, -0.15) is 11.8 Å². The van der Waals surface area contributed by atoms with E-state index in [4.69, 9.17) is 0 Å². The monoisotopic (exact) mass is 329 g/mol. The molecule has 0 spiro atoms. The second-order valence-corrected chi connectivity index (χ2v) is 8.61. The SMILES string of the molecule is CCSC1CCCC1NS(=O)(=O)c1cc(CO)ccc1C. The molecule has 2 N–H and O–H groups in total. The van der Waals surface area contributed by atoms with Gasteiger partial charge in [-0.1, -0.05) is 25.5 Å². The smallest absolute Gasteiger partial charge is 0.241 e. The minimum Gasteiger partial charge on any atom is -0.392 e. The molecule has 2 unspecified atom stereocenters. The maximum absolute atomic E-state index is 12.6. The van der Waals surface area contributed by atoms with E-state index in [1.165, 1.54) is 0 Å². The van der Waals surface area contributed by atoms with Crippen molar-refractivity contribution in [3.05, 3.63) is 29.3 Å². The number of thioether (sulfide) groups is 1. The molecule has 1 aliphatic rings. The Kier molecular flexibility index (Phi) is 5.71. The Bertz CT molecular complexity index is 587. The van der Waals surface area contributed by atoms with Crippen LogP contribution in [0.3, 0.4) is 0 Å². The lowest BCUT2D eigenvalue weighted by Gasteiger charge is -2.21. The Balaban J connectivity index is 2.22. The van der Waals surface area contributed by atoms with Gasteiger partial charge in [0.15, 0.2) is 0 Å². The van der Waals surface area contributed by atoms with Crippen molar-refractivity contribution in [2.45, 2.75) is 55.9 Å². The van der Waals surface area contributed by atoms with E-state index in [0.29, 0.717) is 16.4 Å². The van der Waals surface area contributed by atoms with Gasteiger partial charge in [0.05, 0.1) is 11.5 Å². The molecule has 0 saturated heterocycles. The number of aliphatic hydroxyl groups excluding tert-OH is 1. The van der Waals surface area contributed by atoms with Gasteiger partial charge in [0, 0.05) is 11.3 Å². The molecule has 21 heavy (non-hydrogen) atoms. The van der Waals surface area contributed by atoms with Crippen LogP contribution in [0.1, 0.15) is 37.3 Å². The topological polar surface area (TPSA) is 66.4 Å². The van der Waals surface area contributed by atoms with E-state index in [1.54, 1.807) is 25.1 Å². The molecule has 0 aromatic heterocycles. The van der Waals surface area contributed by atoms with Gasteiger partial charge < -0.3 is 5.11 Å². The molecule has 1 saturated carbocycles. The predicted molar refractivity (Wildman–Crippen MR) is 87.0 cm³/mol. The molecule has 1 fully saturated rings. The van der Waals surface area contributed by atoms with Crippen LogP contribution in [0.4, 0.5) is 0 Å². The lowest BCUT2D eigenvalue weighted by atomic mass is 10.2. The maximum atomic E-state index is 12.6. The normalized spacial score (nSPS) is 22.6. The molecule has 118 valence electrons. The molecule has 4 nitrogen and oxygen atoms in total. The van der Waals surface area contributed by atoms with Crippen LogP contribution in [0.2, 0.25) is 0 Å². The molecule has 0 heterocycles. The summed E-state index contributed by atoms with van der Waals surface area (Å²) >= 11 is 1.83. The summed E-state index contributed by atoms with van der Waals surface area (Å²) in [6, 6.07) is 5.07. The number of nitrogens with one attached hydrogen (secondary N) is 1. The first-order chi connectivity index (χ1) is 9.97. The Hall–Kier alpha value is -0.560. The van der Waals surface area contributed by atoms with Crippen molar-refractivity contribution >= 4 is 21.8 Å². The second-order valence-electron chi connectivity index (χ2n) is 5.41. The van der Waals surface area contributed by atoms with E-state index in [-0.39, 0.29) is 17.5 Å². The second kappa shape index (κ2) is 7.13. The quantitative estimate of drug-likeness (QED) is 0.841. The highest BCUT2D eigenvalue weighted by Crippen LogP contribution is 2.31. The minimum atomic E-state index is -3.53. The van der Waals surface area contributed by atoms with Crippen molar-refractivity contribution in [1.29, 1.82) is 0 Å². The summed E-state index contributed by atoms with van der Waals surface area (Å²) in [5.41, 5.74) is 1.32. The number of hydrogen-bond donors (Lipinski definition) is 2. The third kappa shape index (κ3) is 4.00. The van der Waals surface area contributed by atoms with Gasteiger partial charge in [0.25, 0.3) is 0 Å². The summed E-state index contributed by atoms with van der Waals surface area (Å²) < 4.78 is 28.1. The van der Waals surface area contributed by atoms with Crippen LogP contribution in [0.5, 0.6) is 0 Å². The van der Waals surface area contributed by atoms with Gasteiger partial charge >= 0.3 is 0 Å². The van der Waals surface area contributed by atoms with Crippen LogP contribution < -0.4 is 4.72 Å². The van der Waals surface area contributed by atoms with Crippen molar-refractivity contribution in [2.24, 2.45) is 0 Å². The molecule has 0 amide bonds. The Morgan fingerprint density at radius 1 is 1.38 bits per heavy atom. The molecular formula is C15H23NO3S2. The highest BCUT2D eigenvalue weighted by atomic mass is 32.2. The molecule has 2 atom stereocenters. The van der Waals surface area contributed by atoms with Crippen LogP contribution in [0.25, 0.3) is 0 Å². The van der Waals surface area contributed by atoms with Crippen molar-refractivity contribution in [3.8, 4) is 0 Å². The van der Waals surface area contributed by atoms with Crippen molar-refractivity contribution in [3.63, 3.8) is 0 Å². The van der Waals surface area contributed by atoms with Gasteiger partial charge in [-0.05, 0) is 42.7 Å². The lowest BCUT2D eigenvalue weighted by Crippen LogP contribution is -2.39. The van der Waals surface area contributed by atoms with Crippen molar-refractivity contribution < 1.29 is 13.5 Å². The molecule has 2 rings (SSSR count). The number of benzene rings is 1. The molecule has 0 bridgehead atoms. The standard InChI is InChI=1S/C15H23NO3S2/c1-3-20-14-6-4-5-13(14)16-21(18,19)15-9-12(10-17)8-7-11(15)2/h7-9,13-14,16-17H,3-6,10H2,1-2H3.